The zero-order valence-corrected chi connectivity index (χ0v) is 11.9. The monoisotopic (exact) mass is 304 g/mol. The summed E-state index contributed by atoms with van der Waals surface area (Å²) < 4.78 is 37.6. The Balaban J connectivity index is 2.10. The molecule has 4 heteroatoms. The Morgan fingerprint density at radius 1 is 0.955 bits per heavy atom. The van der Waals surface area contributed by atoms with Gasteiger partial charge in [-0.1, -0.05) is 43.0 Å². The highest BCUT2D eigenvalue weighted by Gasteiger charge is 2.29. The number of carbonyl (C=O) groups is 1. The molecule has 0 bridgehead atoms. The summed E-state index contributed by atoms with van der Waals surface area (Å²) >= 11 is 0. The molecule has 114 valence electrons. The van der Waals surface area contributed by atoms with Crippen molar-refractivity contribution in [1.29, 1.82) is 0 Å². The van der Waals surface area contributed by atoms with E-state index in [0.29, 0.717) is 12.8 Å². The van der Waals surface area contributed by atoms with Crippen molar-refractivity contribution in [2.45, 2.75) is 19.0 Å². The van der Waals surface area contributed by atoms with Crippen LogP contribution in [0.25, 0.3) is 11.1 Å². The molecule has 0 amide bonds. The number of allylic oxidation sites excluding steroid dienone is 1. The molecule has 0 aliphatic rings. The van der Waals surface area contributed by atoms with Crippen LogP contribution >= 0.6 is 0 Å². The number of carbonyl (C=O) groups excluding carboxylic acids is 1. The van der Waals surface area contributed by atoms with Crippen LogP contribution in [-0.2, 0) is 17.4 Å². The quantitative estimate of drug-likeness (QED) is 0.706. The Bertz CT molecular complexity index is 652. The Kier molecular flexibility index (Phi) is 4.81. The third kappa shape index (κ3) is 4.07. The Morgan fingerprint density at radius 2 is 1.45 bits per heavy atom. The van der Waals surface area contributed by atoms with Crippen LogP contribution < -0.4 is 0 Å². The summed E-state index contributed by atoms with van der Waals surface area (Å²) in [6, 6.07) is 12.5. The molecule has 0 unspecified atom stereocenters. The molecule has 1 nitrogen and oxygen atoms in total. The highest BCUT2D eigenvalue weighted by atomic mass is 19.4. The van der Waals surface area contributed by atoms with E-state index >= 15 is 0 Å². The molecular formula is C18H15F3O. The van der Waals surface area contributed by atoms with Gasteiger partial charge in [-0.15, -0.1) is 0 Å². The van der Waals surface area contributed by atoms with Crippen molar-refractivity contribution < 1.29 is 18.0 Å². The normalized spacial score (nSPS) is 11.2. The predicted octanol–water partition coefficient (Wildman–Crippen LogP) is 5.06. The highest BCUT2D eigenvalue weighted by Crippen LogP contribution is 2.31. The lowest BCUT2D eigenvalue weighted by Crippen LogP contribution is -2.03. The van der Waals surface area contributed by atoms with Crippen LogP contribution in [0.5, 0.6) is 0 Å². The largest absolute Gasteiger partial charge is 0.416 e. The van der Waals surface area contributed by atoms with Gasteiger partial charge in [-0.05, 0) is 41.3 Å². The first kappa shape index (κ1) is 16.0. The van der Waals surface area contributed by atoms with E-state index in [1.165, 1.54) is 18.2 Å². The van der Waals surface area contributed by atoms with Crippen molar-refractivity contribution >= 4 is 5.78 Å². The van der Waals surface area contributed by atoms with Gasteiger partial charge in [0.2, 0.25) is 0 Å². The minimum Gasteiger partial charge on any atom is -0.295 e. The van der Waals surface area contributed by atoms with Gasteiger partial charge >= 0.3 is 6.18 Å². The molecule has 2 aromatic rings. The number of benzene rings is 2. The second kappa shape index (κ2) is 6.60. The molecule has 0 heterocycles. The summed E-state index contributed by atoms with van der Waals surface area (Å²) in [7, 11) is 0. The van der Waals surface area contributed by atoms with Gasteiger partial charge in [0.25, 0.3) is 0 Å². The molecule has 0 saturated heterocycles. The lowest BCUT2D eigenvalue weighted by atomic mass is 10.0. The molecule has 0 radical (unpaired) electrons. The molecule has 0 N–H and O–H groups in total. The van der Waals surface area contributed by atoms with E-state index in [9.17, 15) is 18.0 Å². The summed E-state index contributed by atoms with van der Waals surface area (Å²) in [5.74, 6) is -0.00758. The Labute approximate surface area is 127 Å². The van der Waals surface area contributed by atoms with Gasteiger partial charge in [0.05, 0.1) is 5.56 Å². The van der Waals surface area contributed by atoms with Crippen LogP contribution in [0.15, 0.2) is 61.2 Å². The molecule has 2 aromatic carbocycles. The molecule has 0 aliphatic heterocycles. The van der Waals surface area contributed by atoms with Crippen LogP contribution in [0.2, 0.25) is 0 Å². The van der Waals surface area contributed by atoms with Crippen LogP contribution in [-0.4, -0.2) is 5.78 Å². The number of rotatable bonds is 5. The van der Waals surface area contributed by atoms with Gasteiger partial charge < -0.3 is 0 Å². The second-order valence-electron chi connectivity index (χ2n) is 4.94. The fourth-order valence-corrected chi connectivity index (χ4v) is 2.09. The summed E-state index contributed by atoms with van der Waals surface area (Å²) in [5.41, 5.74) is 1.91. The minimum absolute atomic E-state index is 0.00758. The van der Waals surface area contributed by atoms with Crippen LogP contribution in [0.1, 0.15) is 17.5 Å². The predicted molar refractivity (Wildman–Crippen MR) is 80.4 cm³/mol. The first-order valence-electron chi connectivity index (χ1n) is 6.82. The molecule has 0 aliphatic carbocycles. The Morgan fingerprint density at radius 3 is 1.91 bits per heavy atom. The molecule has 22 heavy (non-hydrogen) atoms. The van der Waals surface area contributed by atoms with Crippen molar-refractivity contribution in [2.24, 2.45) is 0 Å². The van der Waals surface area contributed by atoms with Gasteiger partial charge in [0, 0.05) is 6.42 Å². The van der Waals surface area contributed by atoms with Crippen LogP contribution in [0, 0.1) is 0 Å². The van der Waals surface area contributed by atoms with E-state index < -0.39 is 11.7 Å². The van der Waals surface area contributed by atoms with E-state index in [-0.39, 0.29) is 5.78 Å². The lowest BCUT2D eigenvalue weighted by molar-refractivity contribution is -0.137. The average molecular weight is 304 g/mol. The van der Waals surface area contributed by atoms with E-state index in [1.54, 1.807) is 0 Å². The van der Waals surface area contributed by atoms with E-state index in [1.807, 2.05) is 24.3 Å². The van der Waals surface area contributed by atoms with Gasteiger partial charge in [0.1, 0.15) is 0 Å². The van der Waals surface area contributed by atoms with Gasteiger partial charge in [-0.2, -0.15) is 13.2 Å². The second-order valence-corrected chi connectivity index (χ2v) is 4.94. The maximum atomic E-state index is 12.5. The fourth-order valence-electron chi connectivity index (χ4n) is 2.09. The molecule has 0 saturated carbocycles. The number of halogens is 3. The van der Waals surface area contributed by atoms with Crippen molar-refractivity contribution in [3.05, 3.63) is 72.3 Å². The molecule has 0 atom stereocenters. The molecule has 0 spiro atoms. The zero-order chi connectivity index (χ0) is 16.2. The lowest BCUT2D eigenvalue weighted by Gasteiger charge is -2.08. The summed E-state index contributed by atoms with van der Waals surface area (Å²) in [6.07, 6.45) is -1.99. The third-order valence-corrected chi connectivity index (χ3v) is 3.39. The average Bonchev–Trinajstić information content (AvgIpc) is 2.52. The maximum Gasteiger partial charge on any atom is 0.416 e. The van der Waals surface area contributed by atoms with Gasteiger partial charge in [0.15, 0.2) is 5.78 Å². The number of alkyl halides is 3. The summed E-state index contributed by atoms with van der Waals surface area (Å²) in [4.78, 5) is 11.2. The number of hydrogen-bond acceptors (Lipinski definition) is 1. The zero-order valence-electron chi connectivity index (χ0n) is 11.9. The smallest absolute Gasteiger partial charge is 0.295 e. The van der Waals surface area contributed by atoms with Crippen molar-refractivity contribution in [2.75, 3.05) is 0 Å². The molecule has 0 fully saturated rings. The number of ketones is 1. The first-order chi connectivity index (χ1) is 10.4. The van der Waals surface area contributed by atoms with E-state index in [2.05, 4.69) is 6.58 Å². The van der Waals surface area contributed by atoms with E-state index in [0.717, 1.165) is 28.8 Å². The van der Waals surface area contributed by atoms with Gasteiger partial charge in [-0.25, -0.2) is 0 Å². The van der Waals surface area contributed by atoms with Crippen LogP contribution in [0.3, 0.4) is 0 Å². The Hall–Kier alpha value is -2.36. The standard InChI is InChI=1S/C18H15F3O/c1-2-17(22)12-5-13-3-6-14(7-4-13)15-8-10-16(11-9-15)18(19,20)21/h2-4,6-11H,1,5,12H2. The van der Waals surface area contributed by atoms with Crippen LogP contribution in [0.4, 0.5) is 13.2 Å². The fraction of sp³-hybridized carbons (Fsp3) is 0.167. The first-order valence-corrected chi connectivity index (χ1v) is 6.82. The van der Waals surface area contributed by atoms with Crippen molar-refractivity contribution in [3.63, 3.8) is 0 Å². The van der Waals surface area contributed by atoms with Gasteiger partial charge in [-0.3, -0.25) is 4.79 Å². The summed E-state index contributed by atoms with van der Waals surface area (Å²) in [5, 5.41) is 0. The topological polar surface area (TPSA) is 17.1 Å². The van der Waals surface area contributed by atoms with Crippen molar-refractivity contribution in [1.82, 2.24) is 0 Å². The number of aryl methyl sites for hydroxylation is 1. The van der Waals surface area contributed by atoms with E-state index in [4.69, 9.17) is 0 Å². The molecular weight excluding hydrogens is 289 g/mol. The summed E-state index contributed by atoms with van der Waals surface area (Å²) in [6.45, 7) is 3.42. The highest BCUT2D eigenvalue weighted by molar-refractivity contribution is 5.89. The third-order valence-electron chi connectivity index (χ3n) is 3.39. The van der Waals surface area contributed by atoms with Crippen molar-refractivity contribution in [3.8, 4) is 11.1 Å². The molecule has 2 rings (SSSR count). The number of hydrogen-bond donors (Lipinski definition) is 0. The minimum atomic E-state index is -4.32. The maximum absolute atomic E-state index is 12.5. The SMILES string of the molecule is C=CC(=O)CCc1ccc(-c2ccc(C(F)(F)F)cc2)cc1. The molecule has 0 aromatic heterocycles.